The predicted molar refractivity (Wildman–Crippen MR) is 135 cm³/mol. The lowest BCUT2D eigenvalue weighted by molar-refractivity contribution is 0.258. The van der Waals surface area contributed by atoms with Crippen molar-refractivity contribution >= 4 is 23.2 Å². The molecule has 5 rings (SSSR count). The largest absolute Gasteiger partial charge is 0.457 e. The minimum absolute atomic E-state index is 0.0300. The van der Waals surface area contributed by atoms with E-state index in [-0.39, 0.29) is 13.1 Å². The van der Waals surface area contributed by atoms with E-state index in [1.165, 1.54) is 0 Å². The summed E-state index contributed by atoms with van der Waals surface area (Å²) in [7, 11) is 0. The van der Waals surface area contributed by atoms with Crippen LogP contribution in [0.1, 0.15) is 11.1 Å². The highest BCUT2D eigenvalue weighted by Crippen LogP contribution is 2.32. The van der Waals surface area contributed by atoms with Gasteiger partial charge in [0, 0.05) is 16.1 Å². The fourth-order valence-corrected chi connectivity index (χ4v) is 3.92. The second kappa shape index (κ2) is 10.4. The van der Waals surface area contributed by atoms with Gasteiger partial charge in [0.2, 0.25) is 0 Å². The van der Waals surface area contributed by atoms with Gasteiger partial charge in [0.15, 0.2) is 0 Å². The van der Waals surface area contributed by atoms with Crippen LogP contribution in [0.5, 0.6) is 23.0 Å². The molecule has 194 valence electrons. The van der Waals surface area contributed by atoms with Crippen molar-refractivity contribution in [2.75, 3.05) is 0 Å². The van der Waals surface area contributed by atoms with E-state index in [2.05, 4.69) is 0 Å². The molecule has 0 radical (unpaired) electrons. The fraction of sp³-hybridized carbons (Fsp3) is 0.0833. The molecular formula is C24H16Cl2N4O8. The van der Waals surface area contributed by atoms with Crippen molar-refractivity contribution in [1.82, 2.24) is 19.4 Å². The molecule has 0 saturated heterocycles. The van der Waals surface area contributed by atoms with Gasteiger partial charge in [-0.1, -0.05) is 41.4 Å². The third kappa shape index (κ3) is 5.66. The molecule has 0 fully saturated rings. The van der Waals surface area contributed by atoms with Gasteiger partial charge in [-0.05, 0) is 47.5 Å². The molecule has 12 nitrogen and oxygen atoms in total. The number of hydrogen-bond acceptors (Lipinski definition) is 8. The van der Waals surface area contributed by atoms with Gasteiger partial charge >= 0.3 is 22.9 Å². The second-order valence-electron chi connectivity index (χ2n) is 7.88. The van der Waals surface area contributed by atoms with Gasteiger partial charge in [0.1, 0.15) is 23.0 Å². The number of benzene rings is 3. The maximum Gasteiger partial charge on any atom is 0.440 e. The summed E-state index contributed by atoms with van der Waals surface area (Å²) in [4.78, 5) is 49.6. The number of ether oxygens (including phenoxy) is 2. The zero-order valence-corrected chi connectivity index (χ0v) is 20.6. The molecule has 5 aromatic rings. The first-order valence-corrected chi connectivity index (χ1v) is 11.6. The van der Waals surface area contributed by atoms with Crippen molar-refractivity contribution in [1.29, 1.82) is 0 Å². The molecule has 0 aliphatic carbocycles. The molecule has 14 heteroatoms. The van der Waals surface area contributed by atoms with Crippen LogP contribution >= 0.6 is 23.2 Å². The number of halogens is 2. The number of nitrogens with zero attached hydrogens (tertiary/aromatic N) is 2. The molecular weight excluding hydrogens is 543 g/mol. The fourth-order valence-electron chi connectivity index (χ4n) is 3.46. The Labute approximate surface area is 221 Å². The summed E-state index contributed by atoms with van der Waals surface area (Å²) in [6.07, 6.45) is 0. The first-order valence-electron chi connectivity index (χ1n) is 10.9. The number of nitrogens with one attached hydrogen (secondary N) is 2. The highest BCUT2D eigenvalue weighted by Gasteiger charge is 2.11. The van der Waals surface area contributed by atoms with Crippen molar-refractivity contribution in [2.24, 2.45) is 0 Å². The summed E-state index contributed by atoms with van der Waals surface area (Å²) >= 11 is 12.7. The van der Waals surface area contributed by atoms with E-state index in [0.717, 1.165) is 9.48 Å². The summed E-state index contributed by atoms with van der Waals surface area (Å²) in [6, 6.07) is 16.6. The van der Waals surface area contributed by atoms with Gasteiger partial charge in [-0.2, -0.15) is 0 Å². The molecule has 0 saturated carbocycles. The normalized spacial score (nSPS) is 11.0. The van der Waals surface area contributed by atoms with Crippen LogP contribution in [0.4, 0.5) is 0 Å². The first kappa shape index (κ1) is 25.0. The molecule has 2 aromatic heterocycles. The Morgan fingerprint density at radius 1 is 0.632 bits per heavy atom. The molecule has 0 atom stereocenters. The SMILES string of the molecule is O=c1[nH]c(=O)n(Cc2ccc(Oc3cccc(Oc4ccc(Cn5oc(=O)[nH]c5=O)c(Cl)c4)c3)cc2Cl)o1. The molecule has 2 N–H and O–H groups in total. The lowest BCUT2D eigenvalue weighted by Crippen LogP contribution is -2.17. The minimum atomic E-state index is -0.852. The molecule has 0 aliphatic rings. The molecule has 2 heterocycles. The van der Waals surface area contributed by atoms with Crippen LogP contribution in [0.15, 0.2) is 88.9 Å². The standard InChI is InChI=1S/C24H16Cl2N4O8/c25-19-9-17(6-4-13(19)11-29-21(31)27-23(33)37-29)35-15-2-1-3-16(8-15)36-18-7-5-14(20(26)10-18)12-30-22(32)28-24(34)38-30/h1-10H,11-12H2,(H,27,31,33)(H,28,32,34). The Kier molecular flexibility index (Phi) is 6.81. The first-order chi connectivity index (χ1) is 18.2. The second-order valence-corrected chi connectivity index (χ2v) is 8.69. The number of hydrogen-bond donors (Lipinski definition) is 2. The van der Waals surface area contributed by atoms with Crippen molar-refractivity contribution in [3.05, 3.63) is 124 Å². The topological polar surface area (TPSA) is 154 Å². The molecule has 0 bridgehead atoms. The zero-order valence-electron chi connectivity index (χ0n) is 19.1. The number of H-pyrrole nitrogens is 2. The van der Waals surface area contributed by atoms with E-state index in [4.69, 9.17) is 41.7 Å². The Morgan fingerprint density at radius 2 is 1.05 bits per heavy atom. The van der Waals surface area contributed by atoms with Crippen LogP contribution in [-0.4, -0.2) is 19.4 Å². The van der Waals surface area contributed by atoms with E-state index < -0.39 is 22.9 Å². The number of aromatic nitrogens is 4. The molecule has 3 aromatic carbocycles. The number of rotatable bonds is 8. The Hall–Kier alpha value is -4.68. The van der Waals surface area contributed by atoms with E-state index in [1.54, 1.807) is 60.7 Å². The number of aromatic amines is 2. The van der Waals surface area contributed by atoms with Crippen molar-refractivity contribution in [2.45, 2.75) is 13.1 Å². The van der Waals surface area contributed by atoms with Gasteiger partial charge in [-0.3, -0.25) is 0 Å². The van der Waals surface area contributed by atoms with Crippen LogP contribution < -0.4 is 32.4 Å². The lowest BCUT2D eigenvalue weighted by atomic mass is 10.2. The lowest BCUT2D eigenvalue weighted by Gasteiger charge is -2.11. The average Bonchev–Trinajstić information content (AvgIpc) is 3.35. The molecule has 38 heavy (non-hydrogen) atoms. The van der Waals surface area contributed by atoms with Gasteiger partial charge < -0.3 is 18.5 Å². The van der Waals surface area contributed by atoms with Gasteiger partial charge in [0.05, 0.1) is 13.1 Å². The summed E-state index contributed by atoms with van der Waals surface area (Å²) in [5, 5.41) is 0.614. The summed E-state index contributed by atoms with van der Waals surface area (Å²) < 4.78 is 23.0. The molecule has 0 unspecified atom stereocenters. The Balaban J connectivity index is 1.27. The molecule has 0 aliphatic heterocycles. The van der Waals surface area contributed by atoms with Crippen LogP contribution in [0.25, 0.3) is 0 Å². The molecule has 0 spiro atoms. The zero-order chi connectivity index (χ0) is 26.8. The van der Waals surface area contributed by atoms with Gasteiger partial charge in [-0.15, -0.1) is 9.48 Å². The monoisotopic (exact) mass is 558 g/mol. The van der Waals surface area contributed by atoms with E-state index in [0.29, 0.717) is 44.2 Å². The van der Waals surface area contributed by atoms with Crippen LogP contribution in [0, 0.1) is 0 Å². The van der Waals surface area contributed by atoms with Crippen molar-refractivity contribution in [3.8, 4) is 23.0 Å². The molecule has 0 amide bonds. The van der Waals surface area contributed by atoms with Crippen LogP contribution in [0.3, 0.4) is 0 Å². The van der Waals surface area contributed by atoms with E-state index in [9.17, 15) is 19.2 Å². The van der Waals surface area contributed by atoms with Crippen LogP contribution in [0.2, 0.25) is 10.0 Å². The highest BCUT2D eigenvalue weighted by atomic mass is 35.5. The predicted octanol–water partition coefficient (Wildman–Crippen LogP) is 3.56. The summed E-state index contributed by atoms with van der Waals surface area (Å²) in [6.45, 7) is -0.0600. The Morgan fingerprint density at radius 3 is 1.42 bits per heavy atom. The quantitative estimate of drug-likeness (QED) is 0.293. The van der Waals surface area contributed by atoms with E-state index in [1.807, 2.05) is 9.97 Å². The summed E-state index contributed by atoms with van der Waals surface area (Å²) in [5.41, 5.74) is -0.262. The average molecular weight is 559 g/mol. The van der Waals surface area contributed by atoms with Gasteiger partial charge in [0.25, 0.3) is 0 Å². The van der Waals surface area contributed by atoms with Gasteiger partial charge in [-0.25, -0.2) is 29.1 Å². The minimum Gasteiger partial charge on any atom is -0.457 e. The smallest absolute Gasteiger partial charge is 0.440 e. The van der Waals surface area contributed by atoms with Crippen molar-refractivity contribution in [3.63, 3.8) is 0 Å². The van der Waals surface area contributed by atoms with E-state index >= 15 is 0 Å². The van der Waals surface area contributed by atoms with Crippen LogP contribution in [-0.2, 0) is 13.1 Å². The highest BCUT2D eigenvalue weighted by molar-refractivity contribution is 6.31. The maximum absolute atomic E-state index is 11.6. The third-order valence-electron chi connectivity index (χ3n) is 5.21. The maximum atomic E-state index is 11.6. The Bertz CT molecular complexity index is 1730. The summed E-state index contributed by atoms with van der Waals surface area (Å²) in [5.74, 6) is 0.0766. The van der Waals surface area contributed by atoms with Crippen molar-refractivity contribution < 1.29 is 18.5 Å². The third-order valence-corrected chi connectivity index (χ3v) is 5.91.